The maximum atomic E-state index is 13.0. The van der Waals surface area contributed by atoms with Gasteiger partial charge in [0.15, 0.2) is 0 Å². The van der Waals surface area contributed by atoms with Crippen LogP contribution in [-0.2, 0) is 19.6 Å². The molecule has 0 bridgehead atoms. The van der Waals surface area contributed by atoms with E-state index in [2.05, 4.69) is 4.90 Å². The highest BCUT2D eigenvalue weighted by Gasteiger charge is 2.31. The van der Waals surface area contributed by atoms with Crippen molar-refractivity contribution in [3.8, 4) is 0 Å². The molecule has 0 aliphatic carbocycles. The summed E-state index contributed by atoms with van der Waals surface area (Å²) in [6.45, 7) is 9.40. The molecule has 9 nitrogen and oxygen atoms in total. The van der Waals surface area contributed by atoms with E-state index in [0.717, 1.165) is 13.1 Å². The van der Waals surface area contributed by atoms with Gasteiger partial charge in [-0.15, -0.1) is 0 Å². The molecule has 3 rings (SSSR count). The summed E-state index contributed by atoms with van der Waals surface area (Å²) in [5.41, 5.74) is 0.473. The fourth-order valence-electron chi connectivity index (χ4n) is 3.84. The molecular weight excluding hydrogens is 420 g/mol. The monoisotopic (exact) mass is 452 g/mol. The van der Waals surface area contributed by atoms with Crippen molar-refractivity contribution < 1.29 is 22.7 Å². The van der Waals surface area contributed by atoms with Crippen LogP contribution in [0.5, 0.6) is 0 Å². The predicted molar refractivity (Wildman–Crippen MR) is 116 cm³/mol. The Bertz CT molecular complexity index is 856. The normalized spacial score (nSPS) is 18.7. The second kappa shape index (κ2) is 10.5. The first kappa shape index (κ1) is 23.6. The molecule has 0 radical (unpaired) electrons. The van der Waals surface area contributed by atoms with Crippen molar-refractivity contribution >= 4 is 21.8 Å². The van der Waals surface area contributed by atoms with Gasteiger partial charge < -0.3 is 14.5 Å². The molecular formula is C21H32N4O5S. The molecule has 0 spiro atoms. The van der Waals surface area contributed by atoms with Crippen LogP contribution in [0.15, 0.2) is 29.2 Å². The van der Waals surface area contributed by atoms with E-state index >= 15 is 0 Å². The van der Waals surface area contributed by atoms with Gasteiger partial charge in [0.2, 0.25) is 15.9 Å². The number of piperazine rings is 1. The largest absolute Gasteiger partial charge is 0.379 e. The Morgan fingerprint density at radius 2 is 1.52 bits per heavy atom. The van der Waals surface area contributed by atoms with Gasteiger partial charge in [-0.05, 0) is 38.1 Å². The van der Waals surface area contributed by atoms with E-state index in [-0.39, 0.29) is 29.8 Å². The van der Waals surface area contributed by atoms with Crippen molar-refractivity contribution in [3.63, 3.8) is 0 Å². The molecule has 2 saturated heterocycles. The summed E-state index contributed by atoms with van der Waals surface area (Å²) in [5, 5.41) is 0. The zero-order valence-electron chi connectivity index (χ0n) is 18.3. The van der Waals surface area contributed by atoms with E-state index in [0.29, 0.717) is 51.5 Å². The molecule has 2 aliphatic rings. The molecule has 2 aliphatic heterocycles. The fourth-order valence-corrected chi connectivity index (χ4v) is 5.26. The Labute approximate surface area is 184 Å². The SMILES string of the molecule is CCN(CC)C(=O)c1ccc(S(=O)(=O)N2CCN(C(=O)CN3CCOCC3)CC2)cc1. The quantitative estimate of drug-likeness (QED) is 0.592. The zero-order valence-corrected chi connectivity index (χ0v) is 19.1. The lowest BCUT2D eigenvalue weighted by molar-refractivity contribution is -0.134. The lowest BCUT2D eigenvalue weighted by Gasteiger charge is -2.35. The summed E-state index contributed by atoms with van der Waals surface area (Å²) in [5.74, 6) is -0.0837. The van der Waals surface area contributed by atoms with E-state index in [9.17, 15) is 18.0 Å². The van der Waals surface area contributed by atoms with Gasteiger partial charge in [-0.2, -0.15) is 4.31 Å². The third-order valence-corrected chi connectivity index (χ3v) is 7.76. The van der Waals surface area contributed by atoms with Gasteiger partial charge in [0.25, 0.3) is 5.91 Å². The molecule has 172 valence electrons. The number of hydrogen-bond donors (Lipinski definition) is 0. The number of amides is 2. The highest BCUT2D eigenvalue weighted by Crippen LogP contribution is 2.19. The van der Waals surface area contributed by atoms with Gasteiger partial charge in [0.1, 0.15) is 0 Å². The molecule has 2 fully saturated rings. The van der Waals surface area contributed by atoms with Crippen LogP contribution in [-0.4, -0.2) is 111 Å². The number of sulfonamides is 1. The average molecular weight is 453 g/mol. The molecule has 31 heavy (non-hydrogen) atoms. The van der Waals surface area contributed by atoms with Crippen molar-refractivity contribution in [2.24, 2.45) is 0 Å². The maximum absolute atomic E-state index is 13.0. The predicted octanol–water partition coefficient (Wildman–Crippen LogP) is 0.334. The Morgan fingerprint density at radius 1 is 0.935 bits per heavy atom. The lowest BCUT2D eigenvalue weighted by Crippen LogP contribution is -2.53. The standard InChI is InChI=1S/C21H32N4O5S/c1-3-23(4-2)21(27)18-5-7-19(8-6-18)31(28,29)25-11-9-24(10-12-25)20(26)17-22-13-15-30-16-14-22/h5-8H,3-4,9-17H2,1-2H3. The first-order chi connectivity index (χ1) is 14.9. The third-order valence-electron chi connectivity index (χ3n) is 5.84. The van der Waals surface area contributed by atoms with E-state index in [4.69, 9.17) is 4.74 Å². The number of morpholine rings is 1. The second-order valence-electron chi connectivity index (χ2n) is 7.68. The Morgan fingerprint density at radius 3 is 2.06 bits per heavy atom. The summed E-state index contributed by atoms with van der Waals surface area (Å²) < 4.78 is 32.7. The molecule has 2 amide bonds. The zero-order chi connectivity index (χ0) is 22.4. The van der Waals surface area contributed by atoms with Crippen molar-refractivity contribution in [2.75, 3.05) is 72.1 Å². The highest BCUT2D eigenvalue weighted by atomic mass is 32.2. The summed E-state index contributed by atoms with van der Waals surface area (Å²) >= 11 is 0. The number of benzene rings is 1. The third kappa shape index (κ3) is 5.62. The van der Waals surface area contributed by atoms with Gasteiger partial charge >= 0.3 is 0 Å². The molecule has 10 heteroatoms. The first-order valence-corrected chi connectivity index (χ1v) is 12.3. The van der Waals surface area contributed by atoms with Crippen LogP contribution in [0.3, 0.4) is 0 Å². The number of rotatable bonds is 7. The van der Waals surface area contributed by atoms with E-state index < -0.39 is 10.0 Å². The molecule has 0 atom stereocenters. The number of carbonyl (C=O) groups is 2. The Hall–Kier alpha value is -2.01. The lowest BCUT2D eigenvalue weighted by atomic mass is 10.2. The maximum Gasteiger partial charge on any atom is 0.253 e. The number of hydrogen-bond acceptors (Lipinski definition) is 6. The summed E-state index contributed by atoms with van der Waals surface area (Å²) in [7, 11) is -3.67. The molecule has 1 aromatic rings. The van der Waals surface area contributed by atoms with Gasteiger partial charge in [0, 0.05) is 57.9 Å². The van der Waals surface area contributed by atoms with Crippen LogP contribution in [0.25, 0.3) is 0 Å². The fraction of sp³-hybridized carbons (Fsp3) is 0.619. The molecule has 0 unspecified atom stereocenters. The van der Waals surface area contributed by atoms with Crippen molar-refractivity contribution in [1.82, 2.24) is 19.0 Å². The van der Waals surface area contributed by atoms with Gasteiger partial charge in [0.05, 0.1) is 24.7 Å². The van der Waals surface area contributed by atoms with Crippen LogP contribution in [0.2, 0.25) is 0 Å². The van der Waals surface area contributed by atoms with Crippen LogP contribution in [0, 0.1) is 0 Å². The smallest absolute Gasteiger partial charge is 0.253 e. The first-order valence-electron chi connectivity index (χ1n) is 10.8. The summed E-state index contributed by atoms with van der Waals surface area (Å²) in [6.07, 6.45) is 0. The van der Waals surface area contributed by atoms with Crippen LogP contribution in [0.4, 0.5) is 0 Å². The minimum atomic E-state index is -3.67. The Kier molecular flexibility index (Phi) is 8.04. The highest BCUT2D eigenvalue weighted by molar-refractivity contribution is 7.89. The average Bonchev–Trinajstić information content (AvgIpc) is 2.80. The molecule has 0 aromatic heterocycles. The van der Waals surface area contributed by atoms with Crippen molar-refractivity contribution in [3.05, 3.63) is 29.8 Å². The summed E-state index contributed by atoms with van der Waals surface area (Å²) in [4.78, 5) is 30.6. The molecule has 1 aromatic carbocycles. The van der Waals surface area contributed by atoms with Crippen molar-refractivity contribution in [1.29, 1.82) is 0 Å². The number of ether oxygens (including phenoxy) is 1. The van der Waals surface area contributed by atoms with E-state index in [1.165, 1.54) is 16.4 Å². The van der Waals surface area contributed by atoms with Crippen LogP contribution in [0.1, 0.15) is 24.2 Å². The van der Waals surface area contributed by atoms with Gasteiger partial charge in [-0.25, -0.2) is 8.42 Å². The van der Waals surface area contributed by atoms with E-state index in [1.54, 1.807) is 21.9 Å². The number of carbonyl (C=O) groups excluding carboxylic acids is 2. The molecule has 0 saturated carbocycles. The Balaban J connectivity index is 1.58. The van der Waals surface area contributed by atoms with Crippen LogP contribution >= 0.6 is 0 Å². The minimum Gasteiger partial charge on any atom is -0.379 e. The van der Waals surface area contributed by atoms with Gasteiger partial charge in [-0.1, -0.05) is 0 Å². The van der Waals surface area contributed by atoms with Crippen LogP contribution < -0.4 is 0 Å². The molecule has 0 N–H and O–H groups in total. The number of nitrogens with zero attached hydrogens (tertiary/aromatic N) is 4. The topological polar surface area (TPSA) is 90.5 Å². The minimum absolute atomic E-state index is 0.0261. The van der Waals surface area contributed by atoms with Gasteiger partial charge in [-0.3, -0.25) is 14.5 Å². The van der Waals surface area contributed by atoms with Crippen molar-refractivity contribution in [2.45, 2.75) is 18.7 Å². The van der Waals surface area contributed by atoms with E-state index in [1.807, 2.05) is 13.8 Å². The second-order valence-corrected chi connectivity index (χ2v) is 9.61. The molecule has 2 heterocycles. The summed E-state index contributed by atoms with van der Waals surface area (Å²) in [6, 6.07) is 6.11.